The Kier molecular flexibility index (Phi) is 5.57. The number of alkyl halides is 3. The van der Waals surface area contributed by atoms with Crippen LogP contribution >= 0.6 is 0 Å². The number of carbonyl (C=O) groups excluding carboxylic acids is 1. The van der Waals surface area contributed by atoms with E-state index in [4.69, 9.17) is 9.84 Å². The summed E-state index contributed by atoms with van der Waals surface area (Å²) in [5, 5.41) is 8.54. The van der Waals surface area contributed by atoms with Crippen LogP contribution in [-0.2, 0) is 9.59 Å². The zero-order valence-corrected chi connectivity index (χ0v) is 11.2. The molecular weight excluding hydrogens is 291 g/mol. The van der Waals surface area contributed by atoms with Crippen molar-refractivity contribution >= 4 is 11.9 Å². The molecule has 0 unspecified atom stereocenters. The Labute approximate surface area is 118 Å². The molecule has 0 aliphatic heterocycles. The average molecular weight is 305 g/mol. The maximum absolute atomic E-state index is 12.3. The highest BCUT2D eigenvalue weighted by molar-refractivity contribution is 5.82. The molecule has 0 aliphatic rings. The third-order valence-electron chi connectivity index (χ3n) is 2.43. The van der Waals surface area contributed by atoms with Gasteiger partial charge >= 0.3 is 12.1 Å². The second-order valence-corrected chi connectivity index (χ2v) is 4.36. The first-order valence-corrected chi connectivity index (χ1v) is 5.93. The van der Waals surface area contributed by atoms with Crippen LogP contribution in [0.4, 0.5) is 13.2 Å². The molecule has 0 aromatic heterocycles. The number of nitrogens with zero attached hydrogens (tertiary/aromatic N) is 1. The summed E-state index contributed by atoms with van der Waals surface area (Å²) in [6.45, 7) is -1.48. The second-order valence-electron chi connectivity index (χ2n) is 4.36. The van der Waals surface area contributed by atoms with Crippen LogP contribution in [0.5, 0.6) is 5.75 Å². The molecular formula is C13H14F3NO4. The Morgan fingerprint density at radius 3 is 2.29 bits per heavy atom. The van der Waals surface area contributed by atoms with Crippen LogP contribution in [0, 0.1) is 6.92 Å². The molecule has 0 radical (unpaired) electrons. The number of hydrogen-bond donors (Lipinski definition) is 1. The van der Waals surface area contributed by atoms with E-state index in [-0.39, 0.29) is 4.90 Å². The smallest absolute Gasteiger partial charge is 0.406 e. The molecule has 0 bridgehead atoms. The van der Waals surface area contributed by atoms with Crippen LogP contribution < -0.4 is 4.74 Å². The summed E-state index contributed by atoms with van der Waals surface area (Å²) in [7, 11) is 0. The zero-order valence-electron chi connectivity index (χ0n) is 11.2. The molecule has 0 atom stereocenters. The Balaban J connectivity index is 2.63. The van der Waals surface area contributed by atoms with E-state index in [2.05, 4.69) is 0 Å². The van der Waals surface area contributed by atoms with Gasteiger partial charge in [-0.15, -0.1) is 0 Å². The molecule has 21 heavy (non-hydrogen) atoms. The zero-order chi connectivity index (χ0) is 16.0. The number of amides is 1. The first-order valence-electron chi connectivity index (χ1n) is 5.93. The van der Waals surface area contributed by atoms with E-state index >= 15 is 0 Å². The maximum Gasteiger partial charge on any atom is 0.406 e. The molecule has 0 spiro atoms. The lowest BCUT2D eigenvalue weighted by Gasteiger charge is -2.22. The number of carboxylic acid groups (broad SMARTS) is 1. The van der Waals surface area contributed by atoms with E-state index in [1.807, 2.05) is 6.92 Å². The van der Waals surface area contributed by atoms with E-state index < -0.39 is 37.7 Å². The monoisotopic (exact) mass is 305 g/mol. The normalized spacial score (nSPS) is 11.0. The Morgan fingerprint density at radius 2 is 1.81 bits per heavy atom. The summed E-state index contributed by atoms with van der Waals surface area (Å²) in [6, 6.07) is 6.55. The minimum absolute atomic E-state index is 0.191. The van der Waals surface area contributed by atoms with Crippen molar-refractivity contribution in [2.45, 2.75) is 13.1 Å². The van der Waals surface area contributed by atoms with Crippen LogP contribution in [0.1, 0.15) is 5.56 Å². The van der Waals surface area contributed by atoms with Crippen molar-refractivity contribution < 1.29 is 32.6 Å². The molecule has 116 valence electrons. The molecule has 0 saturated heterocycles. The van der Waals surface area contributed by atoms with Crippen molar-refractivity contribution in [3.8, 4) is 5.75 Å². The number of rotatable bonds is 6. The van der Waals surface area contributed by atoms with Gasteiger partial charge in [0, 0.05) is 0 Å². The predicted octanol–water partition coefficient (Wildman–Crippen LogP) is 1.85. The van der Waals surface area contributed by atoms with Gasteiger partial charge in [-0.05, 0) is 19.1 Å². The highest BCUT2D eigenvalue weighted by Gasteiger charge is 2.34. The third-order valence-corrected chi connectivity index (χ3v) is 2.43. The van der Waals surface area contributed by atoms with E-state index in [1.54, 1.807) is 24.3 Å². The standard InChI is InChI=1S/C13H14F3NO4/c1-9-2-4-10(5-3-9)21-7-11(18)17(6-12(19)20)8-13(14,15)16/h2-5H,6-8H2,1H3,(H,19,20). The fraction of sp³-hybridized carbons (Fsp3) is 0.385. The fourth-order valence-corrected chi connectivity index (χ4v) is 1.48. The van der Waals surface area contributed by atoms with Gasteiger partial charge in [-0.2, -0.15) is 13.2 Å². The number of benzene rings is 1. The first-order chi connectivity index (χ1) is 9.67. The molecule has 1 aromatic rings. The van der Waals surface area contributed by atoms with Crippen LogP contribution in [0.15, 0.2) is 24.3 Å². The number of carbonyl (C=O) groups is 2. The van der Waals surface area contributed by atoms with E-state index in [1.165, 1.54) is 0 Å². The van der Waals surface area contributed by atoms with Gasteiger partial charge < -0.3 is 14.7 Å². The summed E-state index contributed by atoms with van der Waals surface area (Å²) in [5.41, 5.74) is 0.957. The van der Waals surface area contributed by atoms with Gasteiger partial charge in [0.2, 0.25) is 0 Å². The topological polar surface area (TPSA) is 66.8 Å². The molecule has 1 rings (SSSR count). The molecule has 0 aliphatic carbocycles. The molecule has 8 heteroatoms. The summed E-state index contributed by atoms with van der Waals surface area (Å²) in [6.07, 6.45) is -4.67. The van der Waals surface area contributed by atoms with Gasteiger partial charge in [-0.3, -0.25) is 9.59 Å². The van der Waals surface area contributed by atoms with Gasteiger partial charge in [-0.1, -0.05) is 17.7 Å². The lowest BCUT2D eigenvalue weighted by Crippen LogP contribution is -2.44. The summed E-state index contributed by atoms with van der Waals surface area (Å²) in [5.74, 6) is -2.26. The highest BCUT2D eigenvalue weighted by atomic mass is 19.4. The quantitative estimate of drug-likeness (QED) is 0.871. The van der Waals surface area contributed by atoms with Gasteiger partial charge in [0.25, 0.3) is 5.91 Å². The Bertz CT molecular complexity index is 499. The van der Waals surface area contributed by atoms with Crippen molar-refractivity contribution in [3.05, 3.63) is 29.8 Å². The lowest BCUT2D eigenvalue weighted by atomic mass is 10.2. The number of halogens is 3. The van der Waals surface area contributed by atoms with Gasteiger partial charge in [0.05, 0.1) is 0 Å². The number of carboxylic acids is 1. The number of aliphatic carboxylic acids is 1. The van der Waals surface area contributed by atoms with Crippen LogP contribution in [0.3, 0.4) is 0 Å². The highest BCUT2D eigenvalue weighted by Crippen LogP contribution is 2.17. The van der Waals surface area contributed by atoms with Gasteiger partial charge in [0.15, 0.2) is 6.61 Å². The molecule has 0 heterocycles. The number of aryl methyl sites for hydroxylation is 1. The minimum atomic E-state index is -4.67. The van der Waals surface area contributed by atoms with Crippen molar-refractivity contribution in [1.29, 1.82) is 0 Å². The Hall–Kier alpha value is -2.25. The van der Waals surface area contributed by atoms with Crippen molar-refractivity contribution in [3.63, 3.8) is 0 Å². The molecule has 1 amide bonds. The van der Waals surface area contributed by atoms with E-state index in [0.717, 1.165) is 5.56 Å². The molecule has 0 saturated carbocycles. The number of hydrogen-bond acceptors (Lipinski definition) is 3. The lowest BCUT2D eigenvalue weighted by molar-refractivity contribution is -0.166. The van der Waals surface area contributed by atoms with Crippen molar-refractivity contribution in [2.24, 2.45) is 0 Å². The summed E-state index contributed by atoms with van der Waals surface area (Å²) >= 11 is 0. The van der Waals surface area contributed by atoms with Gasteiger partial charge in [-0.25, -0.2) is 0 Å². The largest absolute Gasteiger partial charge is 0.484 e. The van der Waals surface area contributed by atoms with Crippen LogP contribution in [-0.4, -0.2) is 47.8 Å². The summed E-state index contributed by atoms with van der Waals surface area (Å²) in [4.78, 5) is 22.3. The summed E-state index contributed by atoms with van der Waals surface area (Å²) < 4.78 is 41.9. The fourth-order valence-electron chi connectivity index (χ4n) is 1.48. The number of ether oxygens (including phenoxy) is 1. The van der Waals surface area contributed by atoms with Crippen LogP contribution in [0.2, 0.25) is 0 Å². The third kappa shape index (κ3) is 6.64. The second kappa shape index (κ2) is 6.96. The van der Waals surface area contributed by atoms with Crippen LogP contribution in [0.25, 0.3) is 0 Å². The molecule has 1 N–H and O–H groups in total. The SMILES string of the molecule is Cc1ccc(OCC(=O)N(CC(=O)O)CC(F)(F)F)cc1. The Morgan fingerprint density at radius 1 is 1.24 bits per heavy atom. The molecule has 0 fully saturated rings. The maximum atomic E-state index is 12.3. The van der Waals surface area contributed by atoms with E-state index in [9.17, 15) is 22.8 Å². The van der Waals surface area contributed by atoms with Crippen molar-refractivity contribution in [2.75, 3.05) is 19.7 Å². The average Bonchev–Trinajstić information content (AvgIpc) is 2.34. The molecule has 5 nitrogen and oxygen atoms in total. The molecule has 1 aromatic carbocycles. The van der Waals surface area contributed by atoms with Crippen molar-refractivity contribution in [1.82, 2.24) is 4.90 Å². The van der Waals surface area contributed by atoms with E-state index in [0.29, 0.717) is 5.75 Å². The minimum Gasteiger partial charge on any atom is -0.484 e. The first kappa shape index (κ1) is 16.8. The predicted molar refractivity (Wildman–Crippen MR) is 66.9 cm³/mol. The van der Waals surface area contributed by atoms with Gasteiger partial charge in [0.1, 0.15) is 18.8 Å².